The maximum Gasteiger partial charge on any atom is 0.274 e. The van der Waals surface area contributed by atoms with Crippen molar-refractivity contribution in [2.45, 2.75) is 38.3 Å². The number of para-hydroxylation sites is 1. The summed E-state index contributed by atoms with van der Waals surface area (Å²) < 4.78 is 7.45. The van der Waals surface area contributed by atoms with Gasteiger partial charge in [0.1, 0.15) is 5.75 Å². The number of carbonyl (C=O) groups excluding carboxylic acids is 1. The summed E-state index contributed by atoms with van der Waals surface area (Å²) in [7, 11) is 1.72. The molecule has 1 N–H and O–H groups in total. The summed E-state index contributed by atoms with van der Waals surface area (Å²) in [6, 6.07) is 8.53. The van der Waals surface area contributed by atoms with Gasteiger partial charge in [-0.2, -0.15) is 16.9 Å². The molecule has 0 radical (unpaired) electrons. The maximum absolute atomic E-state index is 13.2. The molecule has 1 saturated heterocycles. The highest BCUT2D eigenvalue weighted by atomic mass is 32.2. The standard InChI is InChI=1S/C24H32N4O2S/c1-3-12-28-21-9-8-19(25-11-10-18-6-4-5-7-22(18)30-2)17-20(21)23(26-28)24(29)27-13-15-31-16-14-27/h3-7,19,25H,1,8-17H2,2H3. The van der Waals surface area contributed by atoms with Gasteiger partial charge in [-0.05, 0) is 43.9 Å². The van der Waals surface area contributed by atoms with Crippen molar-refractivity contribution in [3.8, 4) is 5.75 Å². The number of nitrogens with one attached hydrogen (secondary N) is 1. The molecular weight excluding hydrogens is 408 g/mol. The maximum atomic E-state index is 13.2. The molecule has 1 aromatic carbocycles. The number of hydrogen-bond donors (Lipinski definition) is 1. The Balaban J connectivity index is 1.45. The van der Waals surface area contributed by atoms with E-state index in [9.17, 15) is 4.79 Å². The average Bonchev–Trinajstić information content (AvgIpc) is 3.17. The Hall–Kier alpha value is -2.25. The fourth-order valence-electron chi connectivity index (χ4n) is 4.54. The number of rotatable bonds is 8. The third kappa shape index (κ3) is 4.99. The van der Waals surface area contributed by atoms with Crippen molar-refractivity contribution in [1.29, 1.82) is 0 Å². The van der Waals surface area contributed by atoms with Gasteiger partial charge in [0.2, 0.25) is 0 Å². The molecule has 7 heteroatoms. The van der Waals surface area contributed by atoms with Crippen molar-refractivity contribution < 1.29 is 9.53 Å². The lowest BCUT2D eigenvalue weighted by molar-refractivity contribution is 0.0764. The predicted octanol–water partition coefficient (Wildman–Crippen LogP) is 2.96. The van der Waals surface area contributed by atoms with Crippen molar-refractivity contribution in [2.24, 2.45) is 0 Å². The van der Waals surface area contributed by atoms with Crippen molar-refractivity contribution in [3.05, 3.63) is 59.4 Å². The molecule has 1 aliphatic carbocycles. The Morgan fingerprint density at radius 1 is 1.35 bits per heavy atom. The number of methoxy groups -OCH3 is 1. The zero-order valence-electron chi connectivity index (χ0n) is 18.3. The molecule has 1 unspecified atom stereocenters. The van der Waals surface area contributed by atoms with E-state index < -0.39 is 0 Å². The van der Waals surface area contributed by atoms with Gasteiger partial charge in [-0.3, -0.25) is 9.48 Å². The molecule has 0 bridgehead atoms. The molecule has 2 aliphatic rings. The van der Waals surface area contributed by atoms with Crippen LogP contribution in [0.3, 0.4) is 0 Å². The minimum absolute atomic E-state index is 0.0917. The molecule has 6 nitrogen and oxygen atoms in total. The number of ether oxygens (including phenoxy) is 1. The molecule has 31 heavy (non-hydrogen) atoms. The van der Waals surface area contributed by atoms with E-state index >= 15 is 0 Å². The van der Waals surface area contributed by atoms with Crippen LogP contribution in [0.2, 0.25) is 0 Å². The fraction of sp³-hybridized carbons (Fsp3) is 0.500. The molecule has 1 fully saturated rings. The molecule has 2 heterocycles. The lowest BCUT2D eigenvalue weighted by atomic mass is 9.91. The molecule has 166 valence electrons. The third-order valence-corrected chi connectivity index (χ3v) is 7.11. The Morgan fingerprint density at radius 2 is 2.16 bits per heavy atom. The van der Waals surface area contributed by atoms with Crippen LogP contribution >= 0.6 is 11.8 Å². The first kappa shape index (κ1) is 22.0. The summed E-state index contributed by atoms with van der Waals surface area (Å²) in [4.78, 5) is 15.2. The summed E-state index contributed by atoms with van der Waals surface area (Å²) in [5.41, 5.74) is 4.20. The minimum Gasteiger partial charge on any atom is -0.496 e. The van der Waals surface area contributed by atoms with Crippen LogP contribution in [-0.4, -0.2) is 64.9 Å². The van der Waals surface area contributed by atoms with E-state index in [4.69, 9.17) is 9.84 Å². The quantitative estimate of drug-likeness (QED) is 0.640. The van der Waals surface area contributed by atoms with Gasteiger partial charge in [0, 0.05) is 41.9 Å². The summed E-state index contributed by atoms with van der Waals surface area (Å²) in [6.07, 6.45) is 5.61. The van der Waals surface area contributed by atoms with Gasteiger partial charge in [0.05, 0.1) is 13.7 Å². The Morgan fingerprint density at radius 3 is 2.94 bits per heavy atom. The zero-order chi connectivity index (χ0) is 21.6. The van der Waals surface area contributed by atoms with Gasteiger partial charge in [-0.25, -0.2) is 0 Å². The van der Waals surface area contributed by atoms with Crippen LogP contribution in [0.1, 0.15) is 33.7 Å². The predicted molar refractivity (Wildman–Crippen MR) is 126 cm³/mol. The number of hydrogen-bond acceptors (Lipinski definition) is 5. The molecule has 2 aromatic rings. The molecule has 0 spiro atoms. The number of allylic oxidation sites excluding steroid dienone is 1. The van der Waals surface area contributed by atoms with Gasteiger partial charge in [-0.15, -0.1) is 6.58 Å². The molecule has 0 saturated carbocycles. The zero-order valence-corrected chi connectivity index (χ0v) is 19.1. The van der Waals surface area contributed by atoms with Crippen LogP contribution in [-0.2, 0) is 25.8 Å². The van der Waals surface area contributed by atoms with Crippen LogP contribution in [0.15, 0.2) is 36.9 Å². The number of aromatic nitrogens is 2. The van der Waals surface area contributed by atoms with Crippen LogP contribution in [0.5, 0.6) is 5.75 Å². The highest BCUT2D eigenvalue weighted by Gasteiger charge is 2.31. The van der Waals surface area contributed by atoms with Gasteiger partial charge >= 0.3 is 0 Å². The van der Waals surface area contributed by atoms with Crippen LogP contribution < -0.4 is 10.1 Å². The molecule has 1 aromatic heterocycles. The van der Waals surface area contributed by atoms with Crippen LogP contribution in [0.25, 0.3) is 0 Å². The Kier molecular flexibility index (Phi) is 7.35. The normalized spacial score (nSPS) is 18.5. The average molecular weight is 441 g/mol. The molecule has 1 aliphatic heterocycles. The lowest BCUT2D eigenvalue weighted by Gasteiger charge is -2.27. The lowest BCUT2D eigenvalue weighted by Crippen LogP contribution is -2.40. The highest BCUT2D eigenvalue weighted by Crippen LogP contribution is 2.27. The Labute approximate surface area is 189 Å². The first-order chi connectivity index (χ1) is 15.2. The van der Waals surface area contributed by atoms with E-state index in [0.29, 0.717) is 18.3 Å². The van der Waals surface area contributed by atoms with E-state index in [1.807, 2.05) is 39.6 Å². The topological polar surface area (TPSA) is 59.4 Å². The van der Waals surface area contributed by atoms with Gasteiger partial charge in [0.25, 0.3) is 5.91 Å². The van der Waals surface area contributed by atoms with Gasteiger partial charge in [-0.1, -0.05) is 24.3 Å². The second kappa shape index (κ2) is 10.4. The fourth-order valence-corrected chi connectivity index (χ4v) is 5.45. The third-order valence-electron chi connectivity index (χ3n) is 6.17. The minimum atomic E-state index is 0.0917. The molecule has 1 amide bonds. The number of carbonyl (C=O) groups is 1. The van der Waals surface area contributed by atoms with Crippen LogP contribution in [0, 0.1) is 0 Å². The van der Waals surface area contributed by atoms with Crippen molar-refractivity contribution in [2.75, 3.05) is 38.2 Å². The molecule has 1 atom stereocenters. The number of amides is 1. The van der Waals surface area contributed by atoms with Crippen molar-refractivity contribution in [1.82, 2.24) is 20.0 Å². The largest absolute Gasteiger partial charge is 0.496 e. The van der Waals surface area contributed by atoms with Crippen molar-refractivity contribution >= 4 is 17.7 Å². The van der Waals surface area contributed by atoms with E-state index in [2.05, 4.69) is 24.0 Å². The summed E-state index contributed by atoms with van der Waals surface area (Å²) in [5.74, 6) is 3.05. The van der Waals surface area contributed by atoms with Crippen LogP contribution in [0.4, 0.5) is 0 Å². The van der Waals surface area contributed by atoms with Crippen molar-refractivity contribution in [3.63, 3.8) is 0 Å². The summed E-state index contributed by atoms with van der Waals surface area (Å²) >= 11 is 1.91. The first-order valence-corrected chi connectivity index (χ1v) is 12.3. The summed E-state index contributed by atoms with van der Waals surface area (Å²) in [6.45, 7) is 7.02. The Bertz CT molecular complexity index is 920. The second-order valence-corrected chi connectivity index (χ2v) is 9.33. The first-order valence-electron chi connectivity index (χ1n) is 11.1. The number of fused-ring (bicyclic) bond motifs is 1. The molecular formula is C24H32N4O2S. The smallest absolute Gasteiger partial charge is 0.274 e. The van der Waals surface area contributed by atoms with E-state index in [0.717, 1.165) is 68.1 Å². The number of thioether (sulfide) groups is 1. The van der Waals surface area contributed by atoms with E-state index in [1.165, 1.54) is 11.3 Å². The molecule has 4 rings (SSSR count). The number of benzene rings is 1. The monoisotopic (exact) mass is 440 g/mol. The summed E-state index contributed by atoms with van der Waals surface area (Å²) in [5, 5.41) is 8.45. The highest BCUT2D eigenvalue weighted by molar-refractivity contribution is 7.99. The van der Waals surface area contributed by atoms with E-state index in [1.54, 1.807) is 7.11 Å². The van der Waals surface area contributed by atoms with Gasteiger partial charge < -0.3 is 15.0 Å². The van der Waals surface area contributed by atoms with E-state index in [-0.39, 0.29) is 5.91 Å². The number of nitrogens with zero attached hydrogens (tertiary/aromatic N) is 3. The SMILES string of the molecule is C=CCn1nc(C(=O)N2CCSCC2)c2c1CCC(NCCc1ccccc1OC)C2. The second-order valence-electron chi connectivity index (χ2n) is 8.10. The van der Waals surface area contributed by atoms with Gasteiger partial charge in [0.15, 0.2) is 5.69 Å².